The van der Waals surface area contributed by atoms with E-state index in [1.54, 1.807) is 30.3 Å². The van der Waals surface area contributed by atoms with Crippen LogP contribution >= 0.6 is 0 Å². The molecule has 130 valence electrons. The molecule has 0 saturated carbocycles. The summed E-state index contributed by atoms with van der Waals surface area (Å²) in [6.45, 7) is -0.240. The van der Waals surface area contributed by atoms with E-state index in [1.165, 1.54) is 19.4 Å². The summed E-state index contributed by atoms with van der Waals surface area (Å²) < 4.78 is 18.3. The number of hydrogen-bond acceptors (Lipinski definition) is 4. The van der Waals surface area contributed by atoms with Gasteiger partial charge in [0.1, 0.15) is 12.0 Å². The highest BCUT2D eigenvalue weighted by atomic mass is 19.1. The Kier molecular flexibility index (Phi) is 4.53. The number of nitrogens with zero attached hydrogens (tertiary/aromatic N) is 4. The molecular weight excluding hydrogens is 339 g/mol. The third kappa shape index (κ3) is 2.63. The Morgan fingerprint density at radius 3 is 2.65 bits per heavy atom. The average Bonchev–Trinajstić information content (AvgIpc) is 2.67. The standard InChI is InChI=1S/C18H14FN4O3/c1-26-18(25)23(14-5-3-2-4-6-14)11-12(10-21-22-20)17(24)15-8-7-13(19)9-16(15)23/h2-9,11H,10H2,1H3/q+1. The number of benzene rings is 2. The minimum Gasteiger partial charge on any atom is -0.422 e. The largest absolute Gasteiger partial charge is 0.531 e. The van der Waals surface area contributed by atoms with Gasteiger partial charge in [-0.1, -0.05) is 23.3 Å². The van der Waals surface area contributed by atoms with Gasteiger partial charge in [0.05, 0.1) is 24.8 Å². The van der Waals surface area contributed by atoms with Crippen LogP contribution in [0.15, 0.2) is 65.4 Å². The summed E-state index contributed by atoms with van der Waals surface area (Å²) in [5.74, 6) is -1.02. The summed E-state index contributed by atoms with van der Waals surface area (Å²) in [7, 11) is 1.21. The van der Waals surface area contributed by atoms with Gasteiger partial charge in [0.2, 0.25) is 5.78 Å². The molecule has 3 rings (SSSR count). The fourth-order valence-corrected chi connectivity index (χ4v) is 3.02. The lowest BCUT2D eigenvalue weighted by atomic mass is 9.95. The maximum absolute atomic E-state index is 14.0. The van der Waals surface area contributed by atoms with Crippen LogP contribution in [0.3, 0.4) is 0 Å². The van der Waals surface area contributed by atoms with Crippen LogP contribution in [0.5, 0.6) is 0 Å². The Labute approximate surface area is 148 Å². The van der Waals surface area contributed by atoms with Crippen LogP contribution in [0.4, 0.5) is 20.6 Å². The van der Waals surface area contributed by atoms with E-state index in [2.05, 4.69) is 10.0 Å². The zero-order valence-corrected chi connectivity index (χ0v) is 13.8. The van der Waals surface area contributed by atoms with Crippen LogP contribution in [0.1, 0.15) is 10.4 Å². The third-order valence-electron chi connectivity index (χ3n) is 4.16. The van der Waals surface area contributed by atoms with Gasteiger partial charge >= 0.3 is 6.09 Å². The number of ketones is 1. The van der Waals surface area contributed by atoms with Gasteiger partial charge < -0.3 is 4.74 Å². The Morgan fingerprint density at radius 2 is 2.00 bits per heavy atom. The summed E-state index contributed by atoms with van der Waals surface area (Å²) in [5.41, 5.74) is 9.45. The Balaban J connectivity index is 2.40. The summed E-state index contributed by atoms with van der Waals surface area (Å²) in [5, 5.41) is 3.44. The number of carbonyl (C=O) groups excluding carboxylic acids is 2. The fraction of sp³-hybridized carbons (Fsp3) is 0.111. The SMILES string of the molecule is COC(=O)[N+]1(c2ccccc2)C=C(CN=[N+]=[N-])C(=O)c2ccc(F)cc21. The highest BCUT2D eigenvalue weighted by Gasteiger charge is 2.49. The number of carbonyl (C=O) groups is 2. The predicted octanol–water partition coefficient (Wildman–Crippen LogP) is 4.62. The van der Waals surface area contributed by atoms with Gasteiger partial charge in [-0.3, -0.25) is 4.79 Å². The van der Waals surface area contributed by atoms with Gasteiger partial charge in [-0.25, -0.2) is 4.39 Å². The van der Waals surface area contributed by atoms with E-state index in [4.69, 9.17) is 10.3 Å². The maximum Gasteiger partial charge on any atom is 0.531 e. The minimum absolute atomic E-state index is 0.121. The van der Waals surface area contributed by atoms with Gasteiger partial charge in [-0.2, -0.15) is 4.79 Å². The second-order valence-electron chi connectivity index (χ2n) is 5.56. The average molecular weight is 353 g/mol. The number of Topliss-reactive ketones (excluding diaryl/α,β-unsaturated/α-hetero) is 1. The van der Waals surface area contributed by atoms with Gasteiger partial charge in [-0.05, 0) is 17.7 Å². The number of amides is 1. The van der Waals surface area contributed by atoms with Crippen LogP contribution in [-0.4, -0.2) is 25.5 Å². The number of rotatable bonds is 3. The van der Waals surface area contributed by atoms with Crippen LogP contribution in [-0.2, 0) is 4.74 Å². The fourth-order valence-electron chi connectivity index (χ4n) is 3.02. The van der Waals surface area contributed by atoms with Crippen molar-refractivity contribution >= 4 is 23.3 Å². The number of quaternary nitrogens is 1. The van der Waals surface area contributed by atoms with Crippen molar-refractivity contribution in [1.29, 1.82) is 0 Å². The van der Waals surface area contributed by atoms with Crippen molar-refractivity contribution in [2.45, 2.75) is 0 Å². The predicted molar refractivity (Wildman–Crippen MR) is 93.1 cm³/mol. The first-order chi connectivity index (χ1) is 12.5. The first-order valence-corrected chi connectivity index (χ1v) is 7.65. The lowest BCUT2D eigenvalue weighted by molar-refractivity contribution is 0.102. The van der Waals surface area contributed by atoms with Crippen molar-refractivity contribution in [2.75, 3.05) is 13.7 Å². The molecule has 1 unspecified atom stereocenters. The van der Waals surface area contributed by atoms with E-state index < -0.39 is 22.2 Å². The molecule has 0 saturated heterocycles. The maximum atomic E-state index is 14.0. The number of azide groups is 1. The lowest BCUT2D eigenvalue weighted by Gasteiger charge is -2.33. The number of ether oxygens (including phenoxy) is 1. The topological polar surface area (TPSA) is 92.1 Å². The molecule has 0 radical (unpaired) electrons. The van der Waals surface area contributed by atoms with E-state index in [0.29, 0.717) is 5.69 Å². The van der Waals surface area contributed by atoms with Gasteiger partial charge in [0.25, 0.3) is 0 Å². The van der Waals surface area contributed by atoms with Crippen molar-refractivity contribution in [3.8, 4) is 0 Å². The van der Waals surface area contributed by atoms with Gasteiger partial charge in [0, 0.05) is 23.1 Å². The normalized spacial score (nSPS) is 18.4. The second-order valence-corrected chi connectivity index (χ2v) is 5.56. The summed E-state index contributed by atoms with van der Waals surface area (Å²) in [4.78, 5) is 28.3. The lowest BCUT2D eigenvalue weighted by Crippen LogP contribution is -2.48. The van der Waals surface area contributed by atoms with Crippen molar-refractivity contribution in [2.24, 2.45) is 5.11 Å². The number of halogens is 1. The van der Waals surface area contributed by atoms with E-state index in [0.717, 1.165) is 12.1 Å². The molecule has 8 heteroatoms. The molecule has 0 bridgehead atoms. The van der Waals surface area contributed by atoms with Crippen LogP contribution in [0, 0.1) is 5.82 Å². The third-order valence-corrected chi connectivity index (χ3v) is 4.16. The Morgan fingerprint density at radius 1 is 1.27 bits per heavy atom. The van der Waals surface area contributed by atoms with Crippen molar-refractivity contribution in [3.05, 3.63) is 82.1 Å². The van der Waals surface area contributed by atoms with Crippen molar-refractivity contribution < 1.29 is 18.7 Å². The molecule has 7 nitrogen and oxygen atoms in total. The molecule has 1 amide bonds. The quantitative estimate of drug-likeness (QED) is 0.349. The van der Waals surface area contributed by atoms with E-state index in [9.17, 15) is 14.0 Å². The molecule has 0 N–H and O–H groups in total. The van der Waals surface area contributed by atoms with Crippen molar-refractivity contribution in [3.63, 3.8) is 0 Å². The molecule has 2 aromatic carbocycles. The molecule has 0 fully saturated rings. The molecule has 26 heavy (non-hydrogen) atoms. The van der Waals surface area contributed by atoms with E-state index in [1.807, 2.05) is 0 Å². The van der Waals surface area contributed by atoms with Crippen LogP contribution < -0.4 is 4.48 Å². The van der Waals surface area contributed by atoms with Crippen LogP contribution in [0.2, 0.25) is 0 Å². The van der Waals surface area contributed by atoms with Crippen LogP contribution in [0.25, 0.3) is 10.4 Å². The molecule has 1 atom stereocenters. The highest BCUT2D eigenvalue weighted by molar-refractivity contribution is 6.17. The molecule has 1 aliphatic heterocycles. The zero-order valence-electron chi connectivity index (χ0n) is 13.8. The monoisotopic (exact) mass is 353 g/mol. The molecule has 0 aliphatic carbocycles. The highest BCUT2D eigenvalue weighted by Crippen LogP contribution is 2.43. The smallest absolute Gasteiger partial charge is 0.422 e. The minimum atomic E-state index is -0.728. The first-order valence-electron chi connectivity index (χ1n) is 7.65. The van der Waals surface area contributed by atoms with Gasteiger partial charge in [-0.15, -0.1) is 4.48 Å². The molecule has 1 aliphatic rings. The molecule has 0 spiro atoms. The Bertz CT molecular complexity index is 968. The van der Waals surface area contributed by atoms with E-state index in [-0.39, 0.29) is 23.4 Å². The summed E-state index contributed by atoms with van der Waals surface area (Å²) in [6.07, 6.45) is 0.619. The molecule has 2 aromatic rings. The number of para-hydroxylation sites is 1. The Hall–Kier alpha value is -3.48. The second kappa shape index (κ2) is 6.79. The summed E-state index contributed by atoms with van der Waals surface area (Å²) >= 11 is 0. The van der Waals surface area contributed by atoms with Crippen molar-refractivity contribution in [1.82, 2.24) is 4.48 Å². The summed E-state index contributed by atoms with van der Waals surface area (Å²) in [6, 6.07) is 12.1. The van der Waals surface area contributed by atoms with Gasteiger partial charge in [0.15, 0.2) is 11.4 Å². The number of hydrogen-bond donors (Lipinski definition) is 0. The zero-order chi connectivity index (χ0) is 18.7. The number of fused-ring (bicyclic) bond motifs is 1. The first kappa shape index (κ1) is 17.3. The molecule has 1 heterocycles. The molecule has 0 aromatic heterocycles. The molecular formula is C18H14FN4O3+. The van der Waals surface area contributed by atoms with E-state index >= 15 is 0 Å². The number of methoxy groups -OCH3 is 1.